The van der Waals surface area contributed by atoms with E-state index in [0.29, 0.717) is 6.61 Å². The number of anilines is 1. The van der Waals surface area contributed by atoms with Gasteiger partial charge in [-0.15, -0.1) is 0 Å². The zero-order valence-electron chi connectivity index (χ0n) is 12.3. The van der Waals surface area contributed by atoms with Crippen molar-refractivity contribution in [3.8, 4) is 17.0 Å². The van der Waals surface area contributed by atoms with Crippen LogP contribution in [-0.2, 0) is 0 Å². The Kier molecular flexibility index (Phi) is 3.48. The molecule has 0 spiro atoms. The zero-order valence-corrected chi connectivity index (χ0v) is 12.3. The summed E-state index contributed by atoms with van der Waals surface area (Å²) < 4.78 is 5.54. The van der Waals surface area contributed by atoms with Crippen LogP contribution in [0.15, 0.2) is 48.5 Å². The number of hydrogen-bond acceptors (Lipinski definition) is 3. The fourth-order valence-corrected chi connectivity index (χ4v) is 2.50. The molecule has 2 aromatic carbocycles. The number of nitrogens with two attached hydrogens (primary N) is 1. The van der Waals surface area contributed by atoms with Gasteiger partial charge in [-0.25, -0.2) is 4.98 Å². The highest BCUT2D eigenvalue weighted by molar-refractivity contribution is 5.95. The zero-order chi connectivity index (χ0) is 14.8. The number of rotatable bonds is 3. The molecule has 0 radical (unpaired) electrons. The van der Waals surface area contributed by atoms with E-state index in [1.165, 1.54) is 0 Å². The average Bonchev–Trinajstić information content (AvgIpc) is 2.52. The van der Waals surface area contributed by atoms with Gasteiger partial charge in [0.2, 0.25) is 0 Å². The number of aromatic nitrogens is 1. The largest absolute Gasteiger partial charge is 0.494 e. The van der Waals surface area contributed by atoms with Gasteiger partial charge in [0, 0.05) is 16.6 Å². The highest BCUT2D eigenvalue weighted by Crippen LogP contribution is 2.33. The molecule has 21 heavy (non-hydrogen) atoms. The summed E-state index contributed by atoms with van der Waals surface area (Å²) in [5.41, 5.74) is 11.0. The SMILES string of the molecule is CCOc1ccc2nc(-c3ccccc3)c(C)c(N)c2c1. The number of nitrogens with zero attached hydrogens (tertiary/aromatic N) is 1. The fourth-order valence-electron chi connectivity index (χ4n) is 2.50. The van der Waals surface area contributed by atoms with E-state index in [4.69, 9.17) is 15.5 Å². The Balaban J connectivity index is 2.22. The highest BCUT2D eigenvalue weighted by atomic mass is 16.5. The molecule has 0 aliphatic rings. The van der Waals surface area contributed by atoms with Crippen LogP contribution in [0.25, 0.3) is 22.2 Å². The molecule has 0 bridgehead atoms. The summed E-state index contributed by atoms with van der Waals surface area (Å²) in [6.07, 6.45) is 0. The van der Waals surface area contributed by atoms with E-state index in [-0.39, 0.29) is 0 Å². The van der Waals surface area contributed by atoms with E-state index < -0.39 is 0 Å². The molecule has 0 amide bonds. The van der Waals surface area contributed by atoms with Gasteiger partial charge >= 0.3 is 0 Å². The number of benzene rings is 2. The smallest absolute Gasteiger partial charge is 0.120 e. The molecule has 0 saturated carbocycles. The Morgan fingerprint density at radius 3 is 2.57 bits per heavy atom. The van der Waals surface area contributed by atoms with Crippen LogP contribution in [0, 0.1) is 6.92 Å². The molecule has 0 atom stereocenters. The van der Waals surface area contributed by atoms with Crippen molar-refractivity contribution >= 4 is 16.6 Å². The van der Waals surface area contributed by atoms with Gasteiger partial charge in [-0.05, 0) is 37.6 Å². The number of pyridine rings is 1. The fraction of sp³-hybridized carbons (Fsp3) is 0.167. The Bertz CT molecular complexity index is 782. The van der Waals surface area contributed by atoms with E-state index in [1.54, 1.807) is 0 Å². The van der Waals surface area contributed by atoms with E-state index in [9.17, 15) is 0 Å². The van der Waals surface area contributed by atoms with E-state index in [2.05, 4.69) is 12.1 Å². The van der Waals surface area contributed by atoms with Gasteiger partial charge in [0.25, 0.3) is 0 Å². The van der Waals surface area contributed by atoms with Crippen LogP contribution in [-0.4, -0.2) is 11.6 Å². The lowest BCUT2D eigenvalue weighted by atomic mass is 10.0. The van der Waals surface area contributed by atoms with Gasteiger partial charge in [-0.1, -0.05) is 30.3 Å². The molecule has 0 aliphatic carbocycles. The minimum atomic E-state index is 0.639. The van der Waals surface area contributed by atoms with Gasteiger partial charge in [-0.3, -0.25) is 0 Å². The predicted molar refractivity (Wildman–Crippen MR) is 87.5 cm³/mol. The number of nitrogen functional groups attached to an aromatic ring is 1. The van der Waals surface area contributed by atoms with E-state index in [0.717, 1.165) is 39.2 Å². The third kappa shape index (κ3) is 2.42. The molecule has 3 rings (SSSR count). The monoisotopic (exact) mass is 278 g/mol. The van der Waals surface area contributed by atoms with Crippen LogP contribution in [0.2, 0.25) is 0 Å². The Morgan fingerprint density at radius 1 is 1.10 bits per heavy atom. The first-order chi connectivity index (χ1) is 10.2. The van der Waals surface area contributed by atoms with Crippen molar-refractivity contribution in [1.82, 2.24) is 4.98 Å². The van der Waals surface area contributed by atoms with E-state index in [1.807, 2.05) is 50.2 Å². The lowest BCUT2D eigenvalue weighted by Crippen LogP contribution is -1.99. The van der Waals surface area contributed by atoms with Gasteiger partial charge in [0.05, 0.1) is 17.8 Å². The Labute approximate surface area is 124 Å². The molecule has 1 heterocycles. The lowest BCUT2D eigenvalue weighted by molar-refractivity contribution is 0.340. The first-order valence-corrected chi connectivity index (χ1v) is 7.08. The van der Waals surface area contributed by atoms with Gasteiger partial charge < -0.3 is 10.5 Å². The minimum Gasteiger partial charge on any atom is -0.494 e. The van der Waals surface area contributed by atoms with Crippen molar-refractivity contribution < 1.29 is 4.74 Å². The minimum absolute atomic E-state index is 0.639. The molecule has 3 heteroatoms. The normalized spacial score (nSPS) is 10.8. The molecule has 3 nitrogen and oxygen atoms in total. The Morgan fingerprint density at radius 2 is 1.86 bits per heavy atom. The van der Waals surface area contributed by atoms with Gasteiger partial charge in [-0.2, -0.15) is 0 Å². The second-order valence-electron chi connectivity index (χ2n) is 4.98. The number of fused-ring (bicyclic) bond motifs is 1. The molecule has 1 aromatic heterocycles. The van der Waals surface area contributed by atoms with Crippen LogP contribution in [0.5, 0.6) is 5.75 Å². The molecule has 0 fully saturated rings. The van der Waals surface area contributed by atoms with Crippen LogP contribution < -0.4 is 10.5 Å². The molecule has 2 N–H and O–H groups in total. The second-order valence-corrected chi connectivity index (χ2v) is 4.98. The second kappa shape index (κ2) is 5.44. The molecular weight excluding hydrogens is 260 g/mol. The summed E-state index contributed by atoms with van der Waals surface area (Å²) >= 11 is 0. The Hall–Kier alpha value is -2.55. The number of ether oxygens (including phenoxy) is 1. The number of hydrogen-bond donors (Lipinski definition) is 1. The summed E-state index contributed by atoms with van der Waals surface area (Å²) in [5.74, 6) is 0.824. The van der Waals surface area contributed by atoms with Crippen molar-refractivity contribution in [1.29, 1.82) is 0 Å². The first kappa shape index (κ1) is 13.4. The molecule has 0 unspecified atom stereocenters. The van der Waals surface area contributed by atoms with Crippen LogP contribution >= 0.6 is 0 Å². The third-order valence-corrected chi connectivity index (χ3v) is 3.61. The van der Waals surface area contributed by atoms with Crippen LogP contribution in [0.1, 0.15) is 12.5 Å². The summed E-state index contributed by atoms with van der Waals surface area (Å²) in [7, 11) is 0. The predicted octanol–water partition coefficient (Wildman–Crippen LogP) is 4.19. The quantitative estimate of drug-likeness (QED) is 0.781. The van der Waals surface area contributed by atoms with Crippen molar-refractivity contribution in [2.24, 2.45) is 0 Å². The van der Waals surface area contributed by atoms with Crippen LogP contribution in [0.3, 0.4) is 0 Å². The van der Waals surface area contributed by atoms with Crippen molar-refractivity contribution in [3.05, 3.63) is 54.1 Å². The molecule has 106 valence electrons. The van der Waals surface area contributed by atoms with E-state index >= 15 is 0 Å². The topological polar surface area (TPSA) is 48.1 Å². The maximum Gasteiger partial charge on any atom is 0.120 e. The molecule has 3 aromatic rings. The maximum atomic E-state index is 6.33. The molecule has 0 saturated heterocycles. The van der Waals surface area contributed by atoms with Crippen molar-refractivity contribution in [2.45, 2.75) is 13.8 Å². The summed E-state index contributed by atoms with van der Waals surface area (Å²) in [6, 6.07) is 16.0. The highest BCUT2D eigenvalue weighted by Gasteiger charge is 2.11. The van der Waals surface area contributed by atoms with Crippen molar-refractivity contribution in [2.75, 3.05) is 12.3 Å². The van der Waals surface area contributed by atoms with Gasteiger partial charge in [0.15, 0.2) is 0 Å². The molecule has 0 aliphatic heterocycles. The summed E-state index contributed by atoms with van der Waals surface area (Å²) in [5, 5.41) is 0.943. The average molecular weight is 278 g/mol. The van der Waals surface area contributed by atoms with Crippen LogP contribution in [0.4, 0.5) is 5.69 Å². The molecular formula is C18H18N2O. The summed E-state index contributed by atoms with van der Waals surface area (Å²) in [6.45, 7) is 4.62. The first-order valence-electron chi connectivity index (χ1n) is 7.08. The standard InChI is InChI=1S/C18H18N2O/c1-3-21-14-9-10-16-15(11-14)17(19)12(2)18(20-16)13-7-5-4-6-8-13/h4-11H,3H2,1-2H3,(H2,19,20). The summed E-state index contributed by atoms with van der Waals surface area (Å²) in [4.78, 5) is 4.77. The third-order valence-electron chi connectivity index (χ3n) is 3.61. The lowest BCUT2D eigenvalue weighted by Gasteiger charge is -2.12. The van der Waals surface area contributed by atoms with Gasteiger partial charge in [0.1, 0.15) is 5.75 Å². The van der Waals surface area contributed by atoms with Crippen molar-refractivity contribution in [3.63, 3.8) is 0 Å². The maximum absolute atomic E-state index is 6.33.